The Morgan fingerprint density at radius 2 is 1.83 bits per heavy atom. The van der Waals surface area contributed by atoms with Gasteiger partial charge in [-0.1, -0.05) is 0 Å². The average molecular weight is 329 g/mol. The van der Waals surface area contributed by atoms with E-state index in [2.05, 4.69) is 4.98 Å². The van der Waals surface area contributed by atoms with E-state index in [-0.39, 0.29) is 33.8 Å². The number of fused-ring (bicyclic) bond motifs is 2. The molecule has 0 spiro atoms. The van der Waals surface area contributed by atoms with E-state index in [9.17, 15) is 14.4 Å². The highest BCUT2D eigenvalue weighted by molar-refractivity contribution is 6.30. The number of pyridine rings is 1. The van der Waals surface area contributed by atoms with Crippen LogP contribution in [0.5, 0.6) is 0 Å². The van der Waals surface area contributed by atoms with Gasteiger partial charge in [-0.3, -0.25) is 19.4 Å². The Balaban J connectivity index is 2.35. The highest BCUT2D eigenvalue weighted by Gasteiger charge is 2.44. The van der Waals surface area contributed by atoms with E-state index in [1.165, 1.54) is 46.5 Å². The summed E-state index contributed by atoms with van der Waals surface area (Å²) in [5, 5.41) is 0. The number of ether oxygens (including phenoxy) is 2. The van der Waals surface area contributed by atoms with Gasteiger partial charge in [0.25, 0.3) is 0 Å². The average Bonchev–Trinajstić information content (AvgIpc) is 3.01. The van der Waals surface area contributed by atoms with E-state index in [4.69, 9.17) is 13.9 Å². The number of nitrogens with zero attached hydrogens (tertiary/aromatic N) is 1. The summed E-state index contributed by atoms with van der Waals surface area (Å²) in [6, 6.07) is 1.44. The first-order chi connectivity index (χ1) is 11.4. The number of hydrogen-bond donors (Lipinski definition) is 0. The summed E-state index contributed by atoms with van der Waals surface area (Å²) < 4.78 is 16.2. The van der Waals surface area contributed by atoms with Crippen molar-refractivity contribution in [3.63, 3.8) is 0 Å². The van der Waals surface area contributed by atoms with Gasteiger partial charge < -0.3 is 13.9 Å². The molecule has 0 atom stereocenters. The lowest BCUT2D eigenvalue weighted by Crippen LogP contribution is -2.28. The van der Waals surface area contributed by atoms with Crippen LogP contribution in [-0.2, 0) is 15.3 Å². The number of aromatic nitrogens is 1. The van der Waals surface area contributed by atoms with Crippen molar-refractivity contribution in [3.05, 3.63) is 52.2 Å². The fraction of sp³-hybridized carbons (Fsp3) is 0.294. The van der Waals surface area contributed by atoms with Gasteiger partial charge in [-0.15, -0.1) is 0 Å². The highest BCUT2D eigenvalue weighted by atomic mass is 16.7. The van der Waals surface area contributed by atoms with Crippen molar-refractivity contribution in [1.82, 2.24) is 4.98 Å². The maximum atomic E-state index is 12.8. The molecule has 3 rings (SSSR count). The molecule has 0 amide bonds. The molecule has 2 aromatic heterocycles. The van der Waals surface area contributed by atoms with Gasteiger partial charge >= 0.3 is 0 Å². The zero-order chi connectivity index (χ0) is 17.6. The Morgan fingerprint density at radius 1 is 1.17 bits per heavy atom. The number of carbonyl (C=O) groups is 3. The third-order valence-electron chi connectivity index (χ3n) is 4.20. The Bertz CT molecular complexity index is 875. The first-order valence-corrected chi connectivity index (χ1v) is 7.17. The van der Waals surface area contributed by atoms with Crippen LogP contribution in [0, 0.1) is 0 Å². The first kappa shape index (κ1) is 16.2. The zero-order valence-electron chi connectivity index (χ0n) is 13.6. The summed E-state index contributed by atoms with van der Waals surface area (Å²) in [5.41, 5.74) is 0.253. The van der Waals surface area contributed by atoms with Crippen molar-refractivity contribution in [1.29, 1.82) is 0 Å². The quantitative estimate of drug-likeness (QED) is 0.534. The van der Waals surface area contributed by atoms with E-state index in [0.717, 1.165) is 0 Å². The third-order valence-corrected chi connectivity index (χ3v) is 4.20. The predicted molar refractivity (Wildman–Crippen MR) is 81.2 cm³/mol. The first-order valence-electron chi connectivity index (χ1n) is 7.17. The summed E-state index contributed by atoms with van der Waals surface area (Å²) in [6.45, 7) is 2.82. The Labute approximate surface area is 137 Å². The molecule has 0 aromatic carbocycles. The van der Waals surface area contributed by atoms with Crippen LogP contribution in [0.25, 0.3) is 0 Å². The Kier molecular flexibility index (Phi) is 3.70. The molecule has 0 saturated heterocycles. The highest BCUT2D eigenvalue weighted by Crippen LogP contribution is 2.39. The fourth-order valence-corrected chi connectivity index (χ4v) is 2.76. The predicted octanol–water partition coefficient (Wildman–Crippen LogP) is 2.12. The summed E-state index contributed by atoms with van der Waals surface area (Å²) in [5.74, 6) is -2.99. The van der Waals surface area contributed by atoms with Gasteiger partial charge in [0, 0.05) is 32.2 Å². The van der Waals surface area contributed by atoms with Crippen LogP contribution >= 0.6 is 0 Å². The molecule has 0 bridgehead atoms. The molecule has 0 N–H and O–H groups in total. The van der Waals surface area contributed by atoms with Crippen molar-refractivity contribution in [2.24, 2.45) is 0 Å². The van der Waals surface area contributed by atoms with Crippen molar-refractivity contribution in [3.8, 4) is 0 Å². The summed E-state index contributed by atoms with van der Waals surface area (Å²) in [4.78, 5) is 41.6. The maximum absolute atomic E-state index is 12.8. The van der Waals surface area contributed by atoms with E-state index >= 15 is 0 Å². The van der Waals surface area contributed by atoms with Crippen LogP contribution in [0.2, 0.25) is 0 Å². The molecule has 1 aliphatic carbocycles. The molecular formula is C17H15NO6. The van der Waals surface area contributed by atoms with Gasteiger partial charge in [-0.2, -0.15) is 0 Å². The number of ketones is 3. The van der Waals surface area contributed by atoms with Gasteiger partial charge in [-0.05, 0) is 19.9 Å². The number of methoxy groups -OCH3 is 2. The topological polar surface area (TPSA) is 95.7 Å². The van der Waals surface area contributed by atoms with Crippen LogP contribution in [0.3, 0.4) is 0 Å². The molecule has 0 saturated carbocycles. The molecule has 2 aromatic rings. The number of carbonyl (C=O) groups excluding carboxylic acids is 3. The van der Waals surface area contributed by atoms with Crippen LogP contribution in [0.1, 0.15) is 62.0 Å². The normalized spacial score (nSPS) is 13.7. The number of furan rings is 1. The van der Waals surface area contributed by atoms with Crippen molar-refractivity contribution in [2.75, 3.05) is 14.2 Å². The van der Waals surface area contributed by atoms with Crippen LogP contribution in [0.4, 0.5) is 0 Å². The number of Topliss-reactive ketones (excluding diaryl/α,β-unsaturated/α-hetero) is 1. The van der Waals surface area contributed by atoms with Crippen molar-refractivity contribution >= 4 is 17.3 Å². The SMILES string of the molecule is COC(C)(OC)c1oc2c(c1C(C)=O)C(=O)c1cnccc1C2=O. The van der Waals surface area contributed by atoms with Gasteiger partial charge in [0.15, 0.2) is 23.1 Å². The van der Waals surface area contributed by atoms with Gasteiger partial charge in [0.1, 0.15) is 0 Å². The van der Waals surface area contributed by atoms with Crippen LogP contribution in [0.15, 0.2) is 22.9 Å². The van der Waals surface area contributed by atoms with E-state index < -0.39 is 23.1 Å². The fourth-order valence-electron chi connectivity index (χ4n) is 2.76. The molecule has 124 valence electrons. The van der Waals surface area contributed by atoms with Crippen LogP contribution < -0.4 is 0 Å². The molecule has 0 unspecified atom stereocenters. The van der Waals surface area contributed by atoms with Gasteiger partial charge in [0.05, 0.1) is 16.7 Å². The monoisotopic (exact) mass is 329 g/mol. The smallest absolute Gasteiger partial charge is 0.229 e. The van der Waals surface area contributed by atoms with Gasteiger partial charge in [-0.25, -0.2) is 0 Å². The molecule has 7 nitrogen and oxygen atoms in total. The second-order valence-corrected chi connectivity index (χ2v) is 5.50. The lowest BCUT2D eigenvalue weighted by molar-refractivity contribution is -0.213. The molecular weight excluding hydrogens is 314 g/mol. The molecule has 24 heavy (non-hydrogen) atoms. The lowest BCUT2D eigenvalue weighted by atomic mass is 9.86. The maximum Gasteiger partial charge on any atom is 0.229 e. The minimum atomic E-state index is -1.41. The second-order valence-electron chi connectivity index (χ2n) is 5.50. The second kappa shape index (κ2) is 5.47. The van der Waals surface area contributed by atoms with E-state index in [1.807, 2.05) is 0 Å². The molecule has 0 aliphatic heterocycles. The third kappa shape index (κ3) is 2.05. The minimum Gasteiger partial charge on any atom is -0.450 e. The van der Waals surface area contributed by atoms with Crippen molar-refractivity contribution < 1.29 is 28.3 Å². The molecule has 0 radical (unpaired) electrons. The molecule has 2 heterocycles. The van der Waals surface area contributed by atoms with Crippen molar-refractivity contribution in [2.45, 2.75) is 19.6 Å². The summed E-state index contributed by atoms with van der Waals surface area (Å²) in [6.07, 6.45) is 2.72. The number of hydrogen-bond acceptors (Lipinski definition) is 7. The standard InChI is InChI=1S/C17H15NO6/c1-8(19)11-12-13(20)10-7-18-6-5-9(10)14(21)15(12)24-16(11)17(2,22-3)23-4/h5-7H,1-4H3. The Morgan fingerprint density at radius 3 is 2.42 bits per heavy atom. The van der Waals surface area contributed by atoms with Crippen LogP contribution in [-0.4, -0.2) is 36.6 Å². The lowest BCUT2D eigenvalue weighted by Gasteiger charge is -2.24. The zero-order valence-corrected chi connectivity index (χ0v) is 13.6. The molecule has 7 heteroatoms. The summed E-state index contributed by atoms with van der Waals surface area (Å²) >= 11 is 0. The number of rotatable bonds is 4. The minimum absolute atomic E-state index is 0.00698. The molecule has 1 aliphatic rings. The molecule has 0 fully saturated rings. The van der Waals surface area contributed by atoms with E-state index in [1.54, 1.807) is 0 Å². The van der Waals surface area contributed by atoms with E-state index in [0.29, 0.717) is 0 Å². The van der Waals surface area contributed by atoms with Gasteiger partial charge in [0.2, 0.25) is 11.6 Å². The Hall–Kier alpha value is -2.64. The largest absolute Gasteiger partial charge is 0.450 e. The summed E-state index contributed by atoms with van der Waals surface area (Å²) in [7, 11) is 2.74.